The zero-order valence-corrected chi connectivity index (χ0v) is 17.9. The van der Waals surface area contributed by atoms with Gasteiger partial charge in [0.15, 0.2) is 12.4 Å². The topological polar surface area (TPSA) is 74.3 Å². The predicted molar refractivity (Wildman–Crippen MR) is 110 cm³/mol. The lowest BCUT2D eigenvalue weighted by molar-refractivity contribution is 0.0479. The van der Waals surface area contributed by atoms with Crippen molar-refractivity contribution in [2.45, 2.75) is 47.0 Å². The summed E-state index contributed by atoms with van der Waals surface area (Å²) in [5.74, 6) is 1.32. The predicted octanol–water partition coefficient (Wildman–Crippen LogP) is 4.62. The molecule has 0 fully saturated rings. The average Bonchev–Trinajstić information content (AvgIpc) is 3.36. The van der Waals surface area contributed by atoms with E-state index in [1.54, 1.807) is 6.07 Å². The molecule has 1 aliphatic rings. The van der Waals surface area contributed by atoms with E-state index in [0.29, 0.717) is 27.9 Å². The molecule has 1 unspecified atom stereocenters. The summed E-state index contributed by atoms with van der Waals surface area (Å²) in [4.78, 5) is 27.0. The number of aryl methyl sites for hydroxylation is 3. The summed E-state index contributed by atoms with van der Waals surface area (Å²) >= 11 is 1.49. The van der Waals surface area contributed by atoms with Crippen LogP contribution in [0.25, 0.3) is 5.82 Å². The van der Waals surface area contributed by atoms with Gasteiger partial charge in [-0.1, -0.05) is 12.1 Å². The van der Waals surface area contributed by atoms with Gasteiger partial charge in [0.05, 0.1) is 0 Å². The molecule has 0 aromatic carbocycles. The monoisotopic (exact) mass is 412 g/mol. The molecular formula is C22H24N2O4S. The van der Waals surface area contributed by atoms with Crippen molar-refractivity contribution in [1.29, 1.82) is 0 Å². The fourth-order valence-corrected chi connectivity index (χ4v) is 5.04. The van der Waals surface area contributed by atoms with Gasteiger partial charge in [0.25, 0.3) is 0 Å². The summed E-state index contributed by atoms with van der Waals surface area (Å²) in [6.07, 6.45) is 3.17. The van der Waals surface area contributed by atoms with Crippen LogP contribution in [0.2, 0.25) is 0 Å². The van der Waals surface area contributed by atoms with Crippen LogP contribution in [0.15, 0.2) is 22.7 Å². The van der Waals surface area contributed by atoms with Gasteiger partial charge in [0.2, 0.25) is 5.78 Å². The number of carbonyl (C=O) groups is 2. The number of ketones is 1. The molecule has 3 aromatic heterocycles. The molecule has 1 aliphatic carbocycles. The highest BCUT2D eigenvalue weighted by Crippen LogP contribution is 2.32. The first-order valence-electron chi connectivity index (χ1n) is 9.78. The summed E-state index contributed by atoms with van der Waals surface area (Å²) in [5.41, 5.74) is 3.39. The molecule has 6 nitrogen and oxygen atoms in total. The van der Waals surface area contributed by atoms with Crippen molar-refractivity contribution < 1.29 is 18.8 Å². The van der Waals surface area contributed by atoms with E-state index in [1.807, 2.05) is 37.5 Å². The van der Waals surface area contributed by atoms with Gasteiger partial charge in [0, 0.05) is 27.9 Å². The molecule has 0 bridgehead atoms. The summed E-state index contributed by atoms with van der Waals surface area (Å²) in [5, 5.41) is 4.02. The molecule has 7 heteroatoms. The highest BCUT2D eigenvalue weighted by molar-refractivity contribution is 7.14. The van der Waals surface area contributed by atoms with Crippen molar-refractivity contribution in [3.63, 3.8) is 0 Å². The molecular weight excluding hydrogens is 388 g/mol. The fourth-order valence-electron chi connectivity index (χ4n) is 3.94. The Balaban J connectivity index is 1.46. The molecule has 3 aromatic rings. The van der Waals surface area contributed by atoms with Crippen LogP contribution < -0.4 is 0 Å². The molecule has 4 rings (SSSR count). The van der Waals surface area contributed by atoms with Crippen LogP contribution in [-0.2, 0) is 17.6 Å². The number of fused-ring (bicyclic) bond motifs is 1. The van der Waals surface area contributed by atoms with E-state index in [0.717, 1.165) is 30.7 Å². The Labute approximate surface area is 173 Å². The zero-order chi connectivity index (χ0) is 20.7. The van der Waals surface area contributed by atoms with E-state index in [4.69, 9.17) is 9.26 Å². The van der Waals surface area contributed by atoms with Gasteiger partial charge >= 0.3 is 5.97 Å². The van der Waals surface area contributed by atoms with E-state index in [9.17, 15) is 9.59 Å². The van der Waals surface area contributed by atoms with E-state index in [1.165, 1.54) is 21.8 Å². The summed E-state index contributed by atoms with van der Waals surface area (Å²) in [7, 11) is 0. The van der Waals surface area contributed by atoms with Gasteiger partial charge in [-0.25, -0.2) is 4.79 Å². The minimum atomic E-state index is -0.425. The minimum absolute atomic E-state index is 0.229. The lowest BCUT2D eigenvalue weighted by Gasteiger charge is -2.16. The molecule has 0 amide bonds. The lowest BCUT2D eigenvalue weighted by atomic mass is 9.90. The highest BCUT2D eigenvalue weighted by Gasteiger charge is 2.23. The van der Waals surface area contributed by atoms with Crippen LogP contribution in [0.5, 0.6) is 0 Å². The average molecular weight is 413 g/mol. The first-order valence-corrected chi connectivity index (χ1v) is 10.6. The van der Waals surface area contributed by atoms with Gasteiger partial charge in [-0.15, -0.1) is 11.3 Å². The van der Waals surface area contributed by atoms with E-state index >= 15 is 0 Å². The Morgan fingerprint density at radius 1 is 1.28 bits per heavy atom. The van der Waals surface area contributed by atoms with E-state index in [-0.39, 0.29) is 12.4 Å². The number of hydrogen-bond donors (Lipinski definition) is 0. The van der Waals surface area contributed by atoms with Crippen LogP contribution in [0.4, 0.5) is 0 Å². The second-order valence-corrected chi connectivity index (χ2v) is 8.96. The van der Waals surface area contributed by atoms with Gasteiger partial charge < -0.3 is 9.26 Å². The third-order valence-corrected chi connectivity index (χ3v) is 6.66. The molecule has 0 saturated carbocycles. The van der Waals surface area contributed by atoms with Crippen LogP contribution in [-0.4, -0.2) is 28.1 Å². The molecule has 0 saturated heterocycles. The first kappa shape index (κ1) is 19.6. The number of thiophene rings is 1. The zero-order valence-electron chi connectivity index (χ0n) is 17.1. The Morgan fingerprint density at radius 3 is 2.79 bits per heavy atom. The van der Waals surface area contributed by atoms with Gasteiger partial charge in [-0.05, 0) is 63.6 Å². The molecule has 152 valence electrons. The highest BCUT2D eigenvalue weighted by atomic mass is 32.1. The molecule has 0 spiro atoms. The van der Waals surface area contributed by atoms with Gasteiger partial charge in [-0.2, -0.15) is 0 Å². The van der Waals surface area contributed by atoms with Crippen molar-refractivity contribution >= 4 is 23.1 Å². The Morgan fingerprint density at radius 2 is 2.07 bits per heavy atom. The molecule has 29 heavy (non-hydrogen) atoms. The molecule has 0 radical (unpaired) electrons. The second-order valence-electron chi connectivity index (χ2n) is 7.82. The second kappa shape index (κ2) is 7.63. The summed E-state index contributed by atoms with van der Waals surface area (Å²) in [6.45, 7) is 7.52. The molecule has 0 N–H and O–H groups in total. The van der Waals surface area contributed by atoms with Crippen LogP contribution >= 0.6 is 11.3 Å². The van der Waals surface area contributed by atoms with Crippen molar-refractivity contribution in [2.24, 2.45) is 5.92 Å². The molecule has 1 atom stereocenters. The number of Topliss-reactive ketones (excluding diaryl/α,β-unsaturated/α-hetero) is 1. The van der Waals surface area contributed by atoms with Crippen molar-refractivity contribution in [3.8, 4) is 5.82 Å². The molecule has 3 heterocycles. The molecule has 0 aliphatic heterocycles. The van der Waals surface area contributed by atoms with Crippen LogP contribution in [0, 0.1) is 26.7 Å². The normalized spacial score (nSPS) is 15.9. The van der Waals surface area contributed by atoms with E-state index in [2.05, 4.69) is 12.1 Å². The standard InChI is InChI=1S/C22H24N2O4S/c1-12-5-6-19-16(7-12)10-20(29-19)22(26)27-11-18(25)17-8-13(2)24(15(17)4)21-9-14(3)28-23-21/h8-10,12H,5-7,11H2,1-4H3. The number of aromatic nitrogens is 2. The van der Waals surface area contributed by atoms with Crippen molar-refractivity contribution in [2.75, 3.05) is 6.61 Å². The summed E-state index contributed by atoms with van der Waals surface area (Å²) < 4.78 is 12.3. The Bertz CT molecular complexity index is 1090. The maximum Gasteiger partial charge on any atom is 0.348 e. The third kappa shape index (κ3) is 3.79. The quantitative estimate of drug-likeness (QED) is 0.452. The van der Waals surface area contributed by atoms with Crippen LogP contribution in [0.3, 0.4) is 0 Å². The third-order valence-electron chi connectivity index (χ3n) is 5.44. The largest absolute Gasteiger partial charge is 0.453 e. The van der Waals surface area contributed by atoms with Crippen LogP contribution in [0.1, 0.15) is 61.0 Å². The Hall–Kier alpha value is -2.67. The van der Waals surface area contributed by atoms with Crippen molar-refractivity contribution in [1.82, 2.24) is 9.72 Å². The number of carbonyl (C=O) groups excluding carboxylic acids is 2. The SMILES string of the molecule is Cc1cc(-n2c(C)cc(C(=O)COC(=O)c3cc4c(s3)CCC(C)C4)c2C)no1. The number of hydrogen-bond acceptors (Lipinski definition) is 6. The van der Waals surface area contributed by atoms with Gasteiger partial charge in [0.1, 0.15) is 10.6 Å². The smallest absolute Gasteiger partial charge is 0.348 e. The maximum absolute atomic E-state index is 12.7. The summed E-state index contributed by atoms with van der Waals surface area (Å²) in [6, 6.07) is 5.54. The Kier molecular flexibility index (Phi) is 5.17. The fraction of sp³-hybridized carbons (Fsp3) is 0.409. The number of ether oxygens (including phenoxy) is 1. The maximum atomic E-state index is 12.7. The lowest BCUT2D eigenvalue weighted by Crippen LogP contribution is -2.14. The van der Waals surface area contributed by atoms with Crippen molar-refractivity contribution in [3.05, 3.63) is 56.2 Å². The number of rotatable bonds is 5. The first-order chi connectivity index (χ1) is 13.8. The van der Waals surface area contributed by atoms with E-state index < -0.39 is 5.97 Å². The van der Waals surface area contributed by atoms with Gasteiger partial charge in [-0.3, -0.25) is 9.36 Å². The minimum Gasteiger partial charge on any atom is -0.453 e. The number of esters is 1. The number of nitrogens with zero attached hydrogens (tertiary/aromatic N) is 2.